The number of hydrogen-bond donors (Lipinski definition) is 3. The monoisotopic (exact) mass is 422 g/mol. The lowest BCUT2D eigenvalue weighted by molar-refractivity contribution is -0.136. The number of amides is 5. The molecule has 31 heavy (non-hydrogen) atoms. The van der Waals surface area contributed by atoms with Crippen molar-refractivity contribution in [3.63, 3.8) is 0 Å². The second kappa shape index (κ2) is 9.42. The van der Waals surface area contributed by atoms with Gasteiger partial charge in [-0.3, -0.25) is 19.3 Å². The van der Waals surface area contributed by atoms with Gasteiger partial charge in [-0.1, -0.05) is 60.7 Å². The number of benzene rings is 2. The average Bonchev–Trinajstić information content (AvgIpc) is 3.00. The fourth-order valence-corrected chi connectivity index (χ4v) is 3.64. The summed E-state index contributed by atoms with van der Waals surface area (Å²) in [7, 11) is 0. The molecule has 0 bridgehead atoms. The molecule has 1 saturated heterocycles. The van der Waals surface area contributed by atoms with E-state index in [1.807, 2.05) is 36.4 Å². The van der Waals surface area contributed by atoms with Gasteiger partial charge in [-0.15, -0.1) is 0 Å². The van der Waals surface area contributed by atoms with Crippen molar-refractivity contribution in [2.24, 2.45) is 0 Å². The van der Waals surface area contributed by atoms with E-state index in [0.29, 0.717) is 12.1 Å². The predicted octanol–water partition coefficient (Wildman–Crippen LogP) is 1.32. The van der Waals surface area contributed by atoms with Gasteiger partial charge in [0.1, 0.15) is 12.6 Å². The van der Waals surface area contributed by atoms with Gasteiger partial charge in [-0.2, -0.15) is 0 Å². The highest BCUT2D eigenvalue weighted by atomic mass is 16.2. The zero-order chi connectivity index (χ0) is 22.4. The number of nitrogens with one attached hydrogen (secondary N) is 3. The highest BCUT2D eigenvalue weighted by molar-refractivity contribution is 6.09. The Morgan fingerprint density at radius 2 is 1.65 bits per heavy atom. The molecule has 0 aromatic heterocycles. The van der Waals surface area contributed by atoms with Gasteiger partial charge in [0.05, 0.1) is 0 Å². The van der Waals surface area contributed by atoms with Crippen LogP contribution in [-0.2, 0) is 26.3 Å². The van der Waals surface area contributed by atoms with Gasteiger partial charge in [0.15, 0.2) is 5.54 Å². The zero-order valence-corrected chi connectivity index (χ0v) is 17.6. The number of carbonyl (C=O) groups is 4. The topological polar surface area (TPSA) is 108 Å². The van der Waals surface area contributed by atoms with Crippen molar-refractivity contribution in [2.45, 2.75) is 31.8 Å². The van der Waals surface area contributed by atoms with Gasteiger partial charge < -0.3 is 16.0 Å². The Morgan fingerprint density at radius 1 is 1.03 bits per heavy atom. The van der Waals surface area contributed by atoms with Crippen LogP contribution in [0.25, 0.3) is 0 Å². The maximum atomic E-state index is 13.5. The summed E-state index contributed by atoms with van der Waals surface area (Å²) in [6, 6.07) is 16.9. The Hall–Kier alpha value is -3.68. The van der Waals surface area contributed by atoms with Gasteiger partial charge in [0.2, 0.25) is 11.8 Å². The summed E-state index contributed by atoms with van der Waals surface area (Å²) in [5.41, 5.74) is 0.192. The standard InChI is InChI=1S/C23H26N4O4/c1-3-24-20(29)16(2)25-19(28)15-27-21(30)23(26-22(27)31,18-12-8-5-9-13-18)14-17-10-6-4-7-11-17/h4-13,16H,3,14-15H2,1-2H3,(H,24,29)(H,25,28)(H,26,31)/t16-,23+/m1/s1. The van der Waals surface area contributed by atoms with E-state index in [1.54, 1.807) is 38.1 Å². The van der Waals surface area contributed by atoms with Crippen molar-refractivity contribution in [2.75, 3.05) is 13.1 Å². The highest BCUT2D eigenvalue weighted by Gasteiger charge is 2.52. The molecule has 1 aliphatic heterocycles. The minimum absolute atomic E-state index is 0.246. The number of nitrogens with zero attached hydrogens (tertiary/aromatic N) is 1. The van der Waals surface area contributed by atoms with Crippen molar-refractivity contribution in [1.29, 1.82) is 0 Å². The summed E-state index contributed by atoms with van der Waals surface area (Å²) >= 11 is 0. The molecule has 2 aromatic rings. The molecule has 8 heteroatoms. The number of likely N-dealkylation sites (N-methyl/N-ethyl adjacent to an activating group) is 1. The van der Waals surface area contributed by atoms with E-state index in [2.05, 4.69) is 16.0 Å². The third-order valence-electron chi connectivity index (χ3n) is 5.18. The number of imide groups is 1. The summed E-state index contributed by atoms with van der Waals surface area (Å²) in [5, 5.41) is 7.95. The fourth-order valence-electron chi connectivity index (χ4n) is 3.64. The smallest absolute Gasteiger partial charge is 0.325 e. The van der Waals surface area contributed by atoms with E-state index in [0.717, 1.165) is 10.5 Å². The first-order valence-electron chi connectivity index (χ1n) is 10.2. The van der Waals surface area contributed by atoms with Crippen LogP contribution in [0, 0.1) is 0 Å². The summed E-state index contributed by atoms with van der Waals surface area (Å²) in [6.07, 6.45) is 0.246. The van der Waals surface area contributed by atoms with Gasteiger partial charge >= 0.3 is 6.03 Å². The van der Waals surface area contributed by atoms with Crippen molar-refractivity contribution in [3.05, 3.63) is 71.8 Å². The lowest BCUT2D eigenvalue weighted by atomic mass is 9.83. The summed E-state index contributed by atoms with van der Waals surface area (Å²) < 4.78 is 0. The SMILES string of the molecule is CCNC(=O)[C@@H](C)NC(=O)CN1C(=O)N[C@@](Cc2ccccc2)(c2ccccc2)C1=O. The van der Waals surface area contributed by atoms with E-state index in [9.17, 15) is 19.2 Å². The summed E-state index contributed by atoms with van der Waals surface area (Å²) in [4.78, 5) is 51.4. The molecule has 0 unspecified atom stereocenters. The quantitative estimate of drug-likeness (QED) is 0.558. The molecule has 162 valence electrons. The summed E-state index contributed by atoms with van der Waals surface area (Å²) in [5.74, 6) is -1.44. The van der Waals surface area contributed by atoms with E-state index in [1.165, 1.54) is 0 Å². The Balaban J connectivity index is 1.83. The third-order valence-corrected chi connectivity index (χ3v) is 5.18. The predicted molar refractivity (Wildman–Crippen MR) is 115 cm³/mol. The van der Waals surface area contributed by atoms with Crippen LogP contribution in [0.2, 0.25) is 0 Å². The van der Waals surface area contributed by atoms with Crippen molar-refractivity contribution in [1.82, 2.24) is 20.9 Å². The molecule has 0 radical (unpaired) electrons. The molecule has 5 amide bonds. The second-order valence-electron chi connectivity index (χ2n) is 7.44. The number of urea groups is 1. The van der Waals surface area contributed by atoms with Gasteiger partial charge in [-0.05, 0) is 25.0 Å². The summed E-state index contributed by atoms with van der Waals surface area (Å²) in [6.45, 7) is 3.27. The molecule has 1 aliphatic rings. The van der Waals surface area contributed by atoms with Gasteiger partial charge in [0.25, 0.3) is 5.91 Å². The van der Waals surface area contributed by atoms with Crippen LogP contribution in [0.4, 0.5) is 4.79 Å². The molecule has 0 aliphatic carbocycles. The molecule has 3 N–H and O–H groups in total. The molecular weight excluding hydrogens is 396 g/mol. The average molecular weight is 422 g/mol. The maximum absolute atomic E-state index is 13.5. The van der Waals surface area contributed by atoms with Gasteiger partial charge in [-0.25, -0.2) is 4.79 Å². The Kier molecular flexibility index (Phi) is 6.69. The first-order chi connectivity index (χ1) is 14.9. The maximum Gasteiger partial charge on any atom is 0.325 e. The minimum atomic E-state index is -1.31. The molecule has 2 aromatic carbocycles. The first kappa shape index (κ1) is 22.0. The number of carbonyl (C=O) groups excluding carboxylic acids is 4. The van der Waals surface area contributed by atoms with Crippen LogP contribution in [0.1, 0.15) is 25.0 Å². The second-order valence-corrected chi connectivity index (χ2v) is 7.44. The van der Waals surface area contributed by atoms with E-state index < -0.39 is 36.0 Å². The molecule has 2 atom stereocenters. The molecular formula is C23H26N4O4. The van der Waals surface area contributed by atoms with Crippen LogP contribution >= 0.6 is 0 Å². The van der Waals surface area contributed by atoms with Crippen molar-refractivity contribution < 1.29 is 19.2 Å². The third kappa shape index (κ3) is 4.74. The largest absolute Gasteiger partial charge is 0.355 e. The molecule has 1 heterocycles. The molecule has 3 rings (SSSR count). The molecule has 8 nitrogen and oxygen atoms in total. The fraction of sp³-hybridized carbons (Fsp3) is 0.304. The molecule has 1 fully saturated rings. The van der Waals surface area contributed by atoms with Crippen LogP contribution in [0.15, 0.2) is 60.7 Å². The van der Waals surface area contributed by atoms with Crippen LogP contribution in [-0.4, -0.2) is 47.8 Å². The number of hydrogen-bond acceptors (Lipinski definition) is 4. The van der Waals surface area contributed by atoms with Crippen LogP contribution in [0.3, 0.4) is 0 Å². The van der Waals surface area contributed by atoms with E-state index in [4.69, 9.17) is 0 Å². The molecule has 0 spiro atoms. The Morgan fingerprint density at radius 3 is 2.26 bits per heavy atom. The van der Waals surface area contributed by atoms with E-state index in [-0.39, 0.29) is 12.3 Å². The highest BCUT2D eigenvalue weighted by Crippen LogP contribution is 2.32. The van der Waals surface area contributed by atoms with Crippen LogP contribution < -0.4 is 16.0 Å². The van der Waals surface area contributed by atoms with Crippen molar-refractivity contribution in [3.8, 4) is 0 Å². The lowest BCUT2D eigenvalue weighted by Crippen LogP contribution is -2.49. The first-order valence-corrected chi connectivity index (χ1v) is 10.2. The minimum Gasteiger partial charge on any atom is -0.355 e. The number of rotatable bonds is 8. The Bertz CT molecular complexity index is 964. The zero-order valence-electron chi connectivity index (χ0n) is 17.6. The van der Waals surface area contributed by atoms with Gasteiger partial charge in [0, 0.05) is 13.0 Å². The molecule has 0 saturated carbocycles. The normalized spacial score (nSPS) is 19.0. The van der Waals surface area contributed by atoms with Crippen LogP contribution in [0.5, 0.6) is 0 Å². The lowest BCUT2D eigenvalue weighted by Gasteiger charge is -2.27. The van der Waals surface area contributed by atoms with Crippen molar-refractivity contribution >= 4 is 23.8 Å². The Labute approximate surface area is 181 Å². The van der Waals surface area contributed by atoms with E-state index >= 15 is 0 Å².